The highest BCUT2D eigenvalue weighted by Gasteiger charge is 2.29. The van der Waals surface area contributed by atoms with Gasteiger partial charge in [0.2, 0.25) is 5.91 Å². The number of likely N-dealkylation sites (tertiary alicyclic amines) is 1. The largest absolute Gasteiger partial charge is 0.481 e. The first kappa shape index (κ1) is 20.9. The SMILES string of the molecule is CC(C)OCc1ccc(C(=O)N(C)CC(=O)N2CCCC(C(=O)O)C2)cc1. The molecule has 7 heteroatoms. The number of amides is 2. The van der Waals surface area contributed by atoms with E-state index in [1.165, 1.54) is 4.90 Å². The van der Waals surface area contributed by atoms with Crippen LogP contribution in [0, 0.1) is 5.92 Å². The van der Waals surface area contributed by atoms with Gasteiger partial charge in [0.15, 0.2) is 0 Å². The average molecular weight is 376 g/mol. The summed E-state index contributed by atoms with van der Waals surface area (Å²) in [7, 11) is 1.58. The van der Waals surface area contributed by atoms with Crippen molar-refractivity contribution >= 4 is 17.8 Å². The molecule has 2 rings (SSSR count). The molecule has 0 spiro atoms. The summed E-state index contributed by atoms with van der Waals surface area (Å²) < 4.78 is 5.53. The van der Waals surface area contributed by atoms with Crippen molar-refractivity contribution in [1.29, 1.82) is 0 Å². The summed E-state index contributed by atoms with van der Waals surface area (Å²) in [6.07, 6.45) is 1.39. The Balaban J connectivity index is 1.90. The molecule has 2 amide bonds. The molecule has 1 saturated heterocycles. The lowest BCUT2D eigenvalue weighted by atomic mass is 9.98. The van der Waals surface area contributed by atoms with Crippen molar-refractivity contribution in [3.8, 4) is 0 Å². The van der Waals surface area contributed by atoms with E-state index < -0.39 is 11.9 Å². The molecule has 0 saturated carbocycles. The van der Waals surface area contributed by atoms with Crippen LogP contribution < -0.4 is 0 Å². The topological polar surface area (TPSA) is 87.2 Å². The summed E-state index contributed by atoms with van der Waals surface area (Å²) in [5, 5.41) is 9.14. The molecule has 0 aliphatic carbocycles. The van der Waals surface area contributed by atoms with Gasteiger partial charge in [-0.05, 0) is 44.4 Å². The van der Waals surface area contributed by atoms with Gasteiger partial charge in [0.25, 0.3) is 5.91 Å². The highest BCUT2D eigenvalue weighted by molar-refractivity contribution is 5.96. The van der Waals surface area contributed by atoms with Gasteiger partial charge in [-0.2, -0.15) is 0 Å². The number of hydrogen-bond acceptors (Lipinski definition) is 4. The lowest BCUT2D eigenvalue weighted by Gasteiger charge is -2.32. The molecule has 148 valence electrons. The number of carboxylic acids is 1. The van der Waals surface area contributed by atoms with Crippen LogP contribution in [0.3, 0.4) is 0 Å². The molecule has 1 atom stereocenters. The summed E-state index contributed by atoms with van der Waals surface area (Å²) in [6.45, 7) is 5.09. The van der Waals surface area contributed by atoms with E-state index in [9.17, 15) is 14.4 Å². The molecule has 1 aliphatic heterocycles. The molecule has 1 N–H and O–H groups in total. The molecule has 1 heterocycles. The zero-order valence-corrected chi connectivity index (χ0v) is 16.2. The summed E-state index contributed by atoms with van der Waals surface area (Å²) >= 11 is 0. The van der Waals surface area contributed by atoms with Crippen LogP contribution in [0.5, 0.6) is 0 Å². The number of rotatable bonds is 7. The Bertz CT molecular complexity index is 671. The van der Waals surface area contributed by atoms with Crippen LogP contribution in [0.4, 0.5) is 0 Å². The van der Waals surface area contributed by atoms with E-state index in [-0.39, 0.29) is 31.0 Å². The zero-order valence-electron chi connectivity index (χ0n) is 16.2. The van der Waals surface area contributed by atoms with Gasteiger partial charge in [-0.3, -0.25) is 14.4 Å². The first-order valence-corrected chi connectivity index (χ1v) is 9.24. The van der Waals surface area contributed by atoms with Gasteiger partial charge < -0.3 is 19.6 Å². The minimum Gasteiger partial charge on any atom is -0.481 e. The number of benzene rings is 1. The van der Waals surface area contributed by atoms with Crippen molar-refractivity contribution < 1.29 is 24.2 Å². The Morgan fingerprint density at radius 1 is 1.26 bits per heavy atom. The zero-order chi connectivity index (χ0) is 20.0. The maximum absolute atomic E-state index is 12.5. The predicted octanol–water partition coefficient (Wildman–Crippen LogP) is 2.01. The van der Waals surface area contributed by atoms with Crippen molar-refractivity contribution in [1.82, 2.24) is 9.80 Å². The molecule has 0 bridgehead atoms. The van der Waals surface area contributed by atoms with E-state index in [1.54, 1.807) is 24.1 Å². The standard InChI is InChI=1S/C20H28N2O5/c1-14(2)27-13-15-6-8-16(9-7-15)19(24)21(3)12-18(23)22-10-4-5-17(11-22)20(25)26/h6-9,14,17H,4-5,10-13H2,1-3H3,(H,25,26). The Kier molecular flexibility index (Phi) is 7.36. The van der Waals surface area contributed by atoms with E-state index in [4.69, 9.17) is 9.84 Å². The van der Waals surface area contributed by atoms with Gasteiger partial charge in [-0.1, -0.05) is 12.1 Å². The molecule has 0 radical (unpaired) electrons. The number of carbonyl (C=O) groups excluding carboxylic acids is 2. The number of carbonyl (C=O) groups is 3. The number of aliphatic carboxylic acids is 1. The fraction of sp³-hybridized carbons (Fsp3) is 0.550. The number of piperidine rings is 1. The van der Waals surface area contributed by atoms with Crippen molar-refractivity contribution in [2.24, 2.45) is 5.92 Å². The molecule has 7 nitrogen and oxygen atoms in total. The third-order valence-electron chi connectivity index (χ3n) is 4.63. The van der Waals surface area contributed by atoms with Crippen LogP contribution in [0.25, 0.3) is 0 Å². The Hall–Kier alpha value is -2.41. The maximum Gasteiger partial charge on any atom is 0.308 e. The lowest BCUT2D eigenvalue weighted by molar-refractivity contribution is -0.145. The Morgan fingerprint density at radius 2 is 1.93 bits per heavy atom. The molecule has 1 fully saturated rings. The smallest absolute Gasteiger partial charge is 0.308 e. The molecule has 27 heavy (non-hydrogen) atoms. The third-order valence-corrected chi connectivity index (χ3v) is 4.63. The minimum atomic E-state index is -0.876. The van der Waals surface area contributed by atoms with E-state index in [0.717, 1.165) is 5.56 Å². The second-order valence-corrected chi connectivity index (χ2v) is 7.24. The highest BCUT2D eigenvalue weighted by atomic mass is 16.5. The van der Waals surface area contributed by atoms with Crippen molar-refractivity contribution in [3.63, 3.8) is 0 Å². The molecule has 0 aromatic heterocycles. The summed E-state index contributed by atoms with van der Waals surface area (Å²) in [4.78, 5) is 39.0. The summed E-state index contributed by atoms with van der Waals surface area (Å²) in [5.74, 6) is -1.87. The molecule has 1 aromatic carbocycles. The van der Waals surface area contributed by atoms with Crippen LogP contribution in [0.15, 0.2) is 24.3 Å². The number of likely N-dealkylation sites (N-methyl/N-ethyl adjacent to an activating group) is 1. The van der Waals surface area contributed by atoms with Crippen LogP contribution in [0.2, 0.25) is 0 Å². The molecule has 1 aromatic rings. The third kappa shape index (κ3) is 6.06. The van der Waals surface area contributed by atoms with Crippen LogP contribution in [-0.2, 0) is 20.9 Å². The fourth-order valence-electron chi connectivity index (χ4n) is 3.01. The van der Waals surface area contributed by atoms with Gasteiger partial charge in [0.1, 0.15) is 0 Å². The monoisotopic (exact) mass is 376 g/mol. The van der Waals surface area contributed by atoms with Gasteiger partial charge >= 0.3 is 5.97 Å². The lowest BCUT2D eigenvalue weighted by Crippen LogP contribution is -2.46. The Morgan fingerprint density at radius 3 is 2.52 bits per heavy atom. The predicted molar refractivity (Wildman–Crippen MR) is 100 cm³/mol. The molecular formula is C20H28N2O5. The number of nitrogens with zero attached hydrogens (tertiary/aromatic N) is 2. The van der Waals surface area contributed by atoms with Crippen molar-refractivity contribution in [2.45, 2.75) is 39.4 Å². The van der Waals surface area contributed by atoms with Gasteiger partial charge in [-0.15, -0.1) is 0 Å². The first-order chi connectivity index (χ1) is 12.8. The van der Waals surface area contributed by atoms with E-state index in [2.05, 4.69) is 0 Å². The van der Waals surface area contributed by atoms with Gasteiger partial charge in [0, 0.05) is 25.7 Å². The van der Waals surface area contributed by atoms with E-state index in [0.29, 0.717) is 31.6 Å². The van der Waals surface area contributed by atoms with E-state index >= 15 is 0 Å². The number of hydrogen-bond donors (Lipinski definition) is 1. The number of carboxylic acid groups (broad SMARTS) is 1. The van der Waals surface area contributed by atoms with Crippen LogP contribution in [0.1, 0.15) is 42.6 Å². The van der Waals surface area contributed by atoms with E-state index in [1.807, 2.05) is 26.0 Å². The average Bonchev–Trinajstić information content (AvgIpc) is 2.66. The second kappa shape index (κ2) is 9.50. The fourth-order valence-corrected chi connectivity index (χ4v) is 3.01. The van der Waals surface area contributed by atoms with Crippen molar-refractivity contribution in [2.75, 3.05) is 26.7 Å². The van der Waals surface area contributed by atoms with Gasteiger partial charge in [0.05, 0.1) is 25.2 Å². The molecular weight excluding hydrogens is 348 g/mol. The number of ether oxygens (including phenoxy) is 1. The van der Waals surface area contributed by atoms with Crippen molar-refractivity contribution in [3.05, 3.63) is 35.4 Å². The van der Waals surface area contributed by atoms with Crippen LogP contribution in [-0.4, -0.2) is 65.5 Å². The summed E-state index contributed by atoms with van der Waals surface area (Å²) in [6, 6.07) is 7.13. The molecule has 1 unspecified atom stereocenters. The maximum atomic E-state index is 12.5. The molecule has 1 aliphatic rings. The van der Waals surface area contributed by atoms with Crippen LogP contribution >= 0.6 is 0 Å². The quantitative estimate of drug-likeness (QED) is 0.787. The first-order valence-electron chi connectivity index (χ1n) is 9.24. The normalized spacial score (nSPS) is 17.0. The Labute approximate surface area is 159 Å². The van der Waals surface area contributed by atoms with Gasteiger partial charge in [-0.25, -0.2) is 0 Å². The highest BCUT2D eigenvalue weighted by Crippen LogP contribution is 2.17. The minimum absolute atomic E-state index is 0.0661. The second-order valence-electron chi connectivity index (χ2n) is 7.24. The summed E-state index contributed by atoms with van der Waals surface area (Å²) in [5.41, 5.74) is 1.48.